The van der Waals surface area contributed by atoms with Crippen molar-refractivity contribution >= 4 is 45.9 Å². The van der Waals surface area contributed by atoms with Crippen LogP contribution in [0.25, 0.3) is 0 Å². The van der Waals surface area contributed by atoms with Crippen LogP contribution in [-0.4, -0.2) is 37.9 Å². The summed E-state index contributed by atoms with van der Waals surface area (Å²) in [6, 6.07) is 12.9. The molecule has 0 bridgehead atoms. The summed E-state index contributed by atoms with van der Waals surface area (Å²) in [7, 11) is 0. The summed E-state index contributed by atoms with van der Waals surface area (Å²) in [4.78, 5) is 19.9. The largest absolute Gasteiger partial charge is 0.486 e. The van der Waals surface area contributed by atoms with Crippen LogP contribution in [0.1, 0.15) is 36.0 Å². The molecular formula is C22H24BrClN2O3. The molecule has 0 saturated heterocycles. The zero-order chi connectivity index (χ0) is 19.3. The van der Waals surface area contributed by atoms with E-state index < -0.39 is 0 Å². The van der Waals surface area contributed by atoms with Gasteiger partial charge in [-0.15, -0.1) is 17.0 Å². The van der Waals surface area contributed by atoms with Gasteiger partial charge in [-0.25, -0.2) is 0 Å². The zero-order valence-corrected chi connectivity index (χ0v) is 18.6. The number of ketones is 1. The highest BCUT2D eigenvalue weighted by molar-refractivity contribution is 8.93. The first-order valence-electron chi connectivity index (χ1n) is 9.70. The van der Waals surface area contributed by atoms with E-state index in [1.54, 1.807) is 18.2 Å². The molecule has 0 fully saturated rings. The molecule has 2 aromatic carbocycles. The summed E-state index contributed by atoms with van der Waals surface area (Å²) in [5.74, 6) is 2.29. The van der Waals surface area contributed by atoms with Crippen molar-refractivity contribution in [3.8, 4) is 11.5 Å². The summed E-state index contributed by atoms with van der Waals surface area (Å²) in [6.07, 6.45) is 4.21. The van der Waals surface area contributed by atoms with Gasteiger partial charge >= 0.3 is 0 Å². The summed E-state index contributed by atoms with van der Waals surface area (Å²) in [5.41, 5.74) is 1.54. The molecule has 0 atom stereocenters. The van der Waals surface area contributed by atoms with Gasteiger partial charge in [-0.05, 0) is 55.3 Å². The Kier molecular flexibility index (Phi) is 7.56. The van der Waals surface area contributed by atoms with Crippen LogP contribution in [0.3, 0.4) is 0 Å². The summed E-state index contributed by atoms with van der Waals surface area (Å²) < 4.78 is 11.2. The molecule has 0 radical (unpaired) electrons. The molecule has 2 aliphatic heterocycles. The van der Waals surface area contributed by atoms with Crippen LogP contribution in [0.4, 0.5) is 5.69 Å². The highest BCUT2D eigenvalue weighted by atomic mass is 79.9. The fraction of sp³-hybridized carbons (Fsp3) is 0.364. The van der Waals surface area contributed by atoms with E-state index in [-0.39, 0.29) is 29.3 Å². The van der Waals surface area contributed by atoms with E-state index in [0.29, 0.717) is 35.3 Å². The topological polar surface area (TPSA) is 51.1 Å². The van der Waals surface area contributed by atoms with Gasteiger partial charge in [-0.1, -0.05) is 18.0 Å². The third-order valence-electron chi connectivity index (χ3n) is 4.97. The first-order valence-corrected chi connectivity index (χ1v) is 10.1. The highest BCUT2D eigenvalue weighted by Gasteiger charge is 2.21. The molecule has 2 aliphatic rings. The molecule has 0 unspecified atom stereocenters. The Labute approximate surface area is 186 Å². The predicted octanol–water partition coefficient (Wildman–Crippen LogP) is 5.35. The first-order chi connectivity index (χ1) is 13.7. The molecule has 29 heavy (non-hydrogen) atoms. The molecule has 0 amide bonds. The molecule has 0 N–H and O–H groups in total. The van der Waals surface area contributed by atoms with E-state index in [9.17, 15) is 4.79 Å². The number of rotatable bonds is 4. The van der Waals surface area contributed by atoms with Gasteiger partial charge in [-0.3, -0.25) is 9.79 Å². The van der Waals surface area contributed by atoms with Gasteiger partial charge in [0, 0.05) is 29.2 Å². The van der Waals surface area contributed by atoms with Crippen LogP contribution >= 0.6 is 28.6 Å². The monoisotopic (exact) mass is 478 g/mol. The number of anilines is 1. The molecule has 154 valence electrons. The Bertz CT molecular complexity index is 886. The third kappa shape index (κ3) is 5.31. The van der Waals surface area contributed by atoms with Gasteiger partial charge in [0.25, 0.3) is 0 Å². The van der Waals surface area contributed by atoms with Crippen molar-refractivity contribution in [3.63, 3.8) is 0 Å². The second-order valence-corrected chi connectivity index (χ2v) is 7.39. The third-order valence-corrected chi connectivity index (χ3v) is 5.22. The van der Waals surface area contributed by atoms with Crippen LogP contribution in [0.2, 0.25) is 5.02 Å². The number of fused-ring (bicyclic) bond motifs is 1. The van der Waals surface area contributed by atoms with Crippen LogP contribution in [0.15, 0.2) is 47.5 Å². The molecule has 4 rings (SSSR count). The Hall–Kier alpha value is -2.05. The van der Waals surface area contributed by atoms with Crippen molar-refractivity contribution in [1.29, 1.82) is 0 Å². The molecule has 0 spiro atoms. The van der Waals surface area contributed by atoms with Gasteiger partial charge in [0.15, 0.2) is 17.3 Å². The molecule has 5 nitrogen and oxygen atoms in total. The maximum Gasteiger partial charge on any atom is 0.182 e. The molecule has 7 heteroatoms. The SMILES string of the molecule is Br.O=C(CN(C1=NCCCCC1)c1ccc(Cl)cc1)c1ccc2c(c1)OCCO2. The van der Waals surface area contributed by atoms with Crippen molar-refractivity contribution in [2.75, 3.05) is 31.2 Å². The summed E-state index contributed by atoms with van der Waals surface area (Å²) >= 11 is 6.06. The lowest BCUT2D eigenvalue weighted by atomic mass is 10.1. The average molecular weight is 480 g/mol. The minimum atomic E-state index is 0. The Morgan fingerprint density at radius 2 is 1.76 bits per heavy atom. The number of aliphatic imine (C=N–C) groups is 1. The number of hydrogen-bond acceptors (Lipinski definition) is 5. The van der Waals surface area contributed by atoms with Crippen LogP contribution in [0, 0.1) is 0 Å². The first kappa shape index (κ1) is 21.7. The normalized spacial score (nSPS) is 15.6. The zero-order valence-electron chi connectivity index (χ0n) is 16.1. The number of ether oxygens (including phenoxy) is 2. The lowest BCUT2D eigenvalue weighted by Crippen LogP contribution is -2.36. The number of halogens is 2. The Morgan fingerprint density at radius 1 is 1.00 bits per heavy atom. The molecule has 2 aromatic rings. The van der Waals surface area contributed by atoms with Gasteiger partial charge in [0.05, 0.1) is 6.54 Å². The van der Waals surface area contributed by atoms with E-state index in [1.165, 1.54) is 0 Å². The van der Waals surface area contributed by atoms with Gasteiger partial charge < -0.3 is 14.4 Å². The van der Waals surface area contributed by atoms with Crippen molar-refractivity contribution in [1.82, 2.24) is 0 Å². The lowest BCUT2D eigenvalue weighted by Gasteiger charge is -2.26. The minimum Gasteiger partial charge on any atom is -0.486 e. The number of Topliss-reactive ketones (excluding diaryl/α,β-unsaturated/α-hetero) is 1. The van der Waals surface area contributed by atoms with Crippen LogP contribution in [-0.2, 0) is 0 Å². The lowest BCUT2D eigenvalue weighted by molar-refractivity contribution is 0.100. The van der Waals surface area contributed by atoms with Gasteiger partial charge in [0.1, 0.15) is 19.0 Å². The standard InChI is InChI=1S/C22H23ClN2O3.BrH/c23-17-6-8-18(9-7-17)25(22-4-2-1-3-11-24-22)15-19(26)16-5-10-20-21(14-16)28-13-12-27-20;/h5-10,14H,1-4,11-13,15H2;1H. The van der Waals surface area contributed by atoms with Gasteiger partial charge in [0.2, 0.25) is 0 Å². The van der Waals surface area contributed by atoms with E-state index in [0.717, 1.165) is 43.8 Å². The van der Waals surface area contributed by atoms with Crippen LogP contribution < -0.4 is 14.4 Å². The van der Waals surface area contributed by atoms with Crippen molar-refractivity contribution in [2.45, 2.75) is 25.7 Å². The van der Waals surface area contributed by atoms with E-state index in [1.807, 2.05) is 29.2 Å². The van der Waals surface area contributed by atoms with Crippen molar-refractivity contribution < 1.29 is 14.3 Å². The highest BCUT2D eigenvalue weighted by Crippen LogP contribution is 2.31. The number of nitrogens with zero attached hydrogens (tertiary/aromatic N) is 2. The second-order valence-electron chi connectivity index (χ2n) is 6.95. The number of amidine groups is 1. The van der Waals surface area contributed by atoms with Gasteiger partial charge in [-0.2, -0.15) is 0 Å². The molecule has 0 aromatic heterocycles. The smallest absolute Gasteiger partial charge is 0.182 e. The maximum absolute atomic E-state index is 13.1. The van der Waals surface area contributed by atoms with Crippen LogP contribution in [0.5, 0.6) is 11.5 Å². The summed E-state index contributed by atoms with van der Waals surface area (Å²) in [5, 5.41) is 0.671. The number of benzene rings is 2. The van der Waals surface area contributed by atoms with Crippen molar-refractivity contribution in [2.24, 2.45) is 4.99 Å². The quantitative estimate of drug-likeness (QED) is 0.555. The fourth-order valence-electron chi connectivity index (χ4n) is 3.48. The average Bonchev–Trinajstić information content (AvgIpc) is 3.01. The predicted molar refractivity (Wildman–Crippen MR) is 122 cm³/mol. The minimum absolute atomic E-state index is 0. The second kappa shape index (κ2) is 10.1. The Balaban J connectivity index is 0.00000240. The molecule has 2 heterocycles. The van der Waals surface area contributed by atoms with E-state index >= 15 is 0 Å². The van der Waals surface area contributed by atoms with E-state index in [4.69, 9.17) is 26.1 Å². The molecular weight excluding hydrogens is 456 g/mol. The number of carbonyl (C=O) groups excluding carboxylic acids is 1. The number of hydrogen-bond donors (Lipinski definition) is 0. The summed E-state index contributed by atoms with van der Waals surface area (Å²) in [6.45, 7) is 2.06. The number of carbonyl (C=O) groups is 1. The van der Waals surface area contributed by atoms with E-state index in [2.05, 4.69) is 0 Å². The Morgan fingerprint density at radius 3 is 2.55 bits per heavy atom. The molecule has 0 saturated carbocycles. The van der Waals surface area contributed by atoms with Crippen molar-refractivity contribution in [3.05, 3.63) is 53.1 Å². The maximum atomic E-state index is 13.1. The fourth-order valence-corrected chi connectivity index (χ4v) is 3.61. The molecule has 0 aliphatic carbocycles.